The van der Waals surface area contributed by atoms with Crippen LogP contribution in [0.4, 0.5) is 0 Å². The normalized spacial score (nSPS) is 9.83. The van der Waals surface area contributed by atoms with Gasteiger partial charge in [-0.05, 0) is 18.1 Å². The van der Waals surface area contributed by atoms with Crippen LogP contribution in [0.25, 0.3) is 0 Å². The molecule has 1 rings (SSSR count). The van der Waals surface area contributed by atoms with Crippen molar-refractivity contribution in [3.63, 3.8) is 0 Å². The number of hydrogen-bond acceptors (Lipinski definition) is 3. The average molecular weight is 249 g/mol. The topological polar surface area (TPSA) is 71.1 Å². The van der Waals surface area contributed by atoms with E-state index in [-0.39, 0.29) is 0 Å². The summed E-state index contributed by atoms with van der Waals surface area (Å²) in [5, 5.41) is 5.14. The number of pyridine rings is 1. The van der Waals surface area contributed by atoms with Gasteiger partial charge in [-0.25, -0.2) is 0 Å². The number of carbonyl (C=O) groups is 2. The van der Waals surface area contributed by atoms with Crippen LogP contribution in [-0.2, 0) is 16.1 Å². The van der Waals surface area contributed by atoms with Crippen molar-refractivity contribution in [3.8, 4) is 0 Å². The summed E-state index contributed by atoms with van der Waals surface area (Å²) in [6, 6.07) is 3.62. The molecule has 0 radical (unpaired) electrons. The van der Waals surface area contributed by atoms with Gasteiger partial charge >= 0.3 is 11.8 Å². The van der Waals surface area contributed by atoms with Crippen LogP contribution in [0.15, 0.2) is 24.5 Å². The Hall–Kier alpha value is -1.91. The number of nitrogens with zero attached hydrogens (tertiary/aromatic N) is 1. The maximum absolute atomic E-state index is 11.4. The van der Waals surface area contributed by atoms with E-state index in [9.17, 15) is 9.59 Å². The molecule has 0 aliphatic rings. The third-order valence-corrected chi connectivity index (χ3v) is 2.45. The number of hydrogen-bond donors (Lipinski definition) is 2. The lowest BCUT2D eigenvalue weighted by atomic mass is 10.2. The third kappa shape index (κ3) is 5.43. The number of nitrogens with one attached hydrogen (secondary N) is 2. The summed E-state index contributed by atoms with van der Waals surface area (Å²) in [5.74, 6) is -1.18. The number of unbranched alkanes of at least 4 members (excludes halogenated alkanes) is 2. The summed E-state index contributed by atoms with van der Waals surface area (Å²) in [7, 11) is 0. The van der Waals surface area contributed by atoms with Crippen LogP contribution in [0.1, 0.15) is 31.7 Å². The van der Waals surface area contributed by atoms with E-state index in [1.807, 2.05) is 6.07 Å². The fourth-order valence-corrected chi connectivity index (χ4v) is 1.42. The number of rotatable bonds is 6. The largest absolute Gasteiger partial charge is 0.348 e. The van der Waals surface area contributed by atoms with Crippen molar-refractivity contribution in [2.45, 2.75) is 32.7 Å². The van der Waals surface area contributed by atoms with Gasteiger partial charge in [-0.15, -0.1) is 0 Å². The summed E-state index contributed by atoms with van der Waals surface area (Å²) in [5.41, 5.74) is 0.865. The second-order valence-corrected chi connectivity index (χ2v) is 4.01. The molecule has 98 valence electrons. The van der Waals surface area contributed by atoms with Gasteiger partial charge in [-0.2, -0.15) is 0 Å². The Morgan fingerprint density at radius 2 is 2.00 bits per heavy atom. The van der Waals surface area contributed by atoms with E-state index < -0.39 is 11.8 Å². The van der Waals surface area contributed by atoms with Crippen molar-refractivity contribution in [2.75, 3.05) is 6.54 Å². The predicted molar refractivity (Wildman–Crippen MR) is 68.6 cm³/mol. The van der Waals surface area contributed by atoms with Crippen LogP contribution in [0.5, 0.6) is 0 Å². The second-order valence-electron chi connectivity index (χ2n) is 4.01. The SMILES string of the molecule is CCCCCNC(=O)C(=O)NCc1cccnc1. The fraction of sp³-hybridized carbons (Fsp3) is 0.462. The van der Waals surface area contributed by atoms with Crippen LogP contribution in [0, 0.1) is 0 Å². The molecule has 1 aromatic heterocycles. The molecule has 0 spiro atoms. The van der Waals surface area contributed by atoms with E-state index in [4.69, 9.17) is 0 Å². The van der Waals surface area contributed by atoms with E-state index >= 15 is 0 Å². The Balaban J connectivity index is 2.22. The van der Waals surface area contributed by atoms with Crippen LogP contribution in [-0.4, -0.2) is 23.3 Å². The Bertz CT molecular complexity index is 379. The molecule has 0 unspecified atom stereocenters. The van der Waals surface area contributed by atoms with Crippen molar-refractivity contribution < 1.29 is 9.59 Å². The minimum atomic E-state index is -0.602. The Morgan fingerprint density at radius 3 is 2.67 bits per heavy atom. The standard InChI is InChI=1S/C13H19N3O2/c1-2-3-4-8-15-12(17)13(18)16-10-11-6-5-7-14-9-11/h5-7,9H,2-4,8,10H2,1H3,(H,15,17)(H,16,18). The first-order chi connectivity index (χ1) is 8.74. The van der Waals surface area contributed by atoms with Crippen LogP contribution in [0.3, 0.4) is 0 Å². The van der Waals surface area contributed by atoms with Gasteiger partial charge in [0.25, 0.3) is 0 Å². The van der Waals surface area contributed by atoms with E-state index in [1.165, 1.54) is 0 Å². The second kappa shape index (κ2) is 8.22. The molecule has 5 nitrogen and oxygen atoms in total. The van der Waals surface area contributed by atoms with E-state index in [1.54, 1.807) is 18.5 Å². The molecular weight excluding hydrogens is 230 g/mol. The predicted octanol–water partition coefficient (Wildman–Crippen LogP) is 1.00. The highest BCUT2D eigenvalue weighted by Crippen LogP contribution is 1.94. The van der Waals surface area contributed by atoms with Gasteiger partial charge in [0.05, 0.1) is 0 Å². The van der Waals surface area contributed by atoms with Crippen LogP contribution >= 0.6 is 0 Å². The Morgan fingerprint density at radius 1 is 1.22 bits per heavy atom. The quantitative estimate of drug-likeness (QED) is 0.583. The van der Waals surface area contributed by atoms with Crippen molar-refractivity contribution in [2.24, 2.45) is 0 Å². The van der Waals surface area contributed by atoms with Gasteiger partial charge in [0.1, 0.15) is 0 Å². The minimum Gasteiger partial charge on any atom is -0.348 e. The molecular formula is C13H19N3O2. The molecule has 2 amide bonds. The van der Waals surface area contributed by atoms with E-state index in [0.29, 0.717) is 13.1 Å². The molecule has 0 aromatic carbocycles. The number of aromatic nitrogens is 1. The summed E-state index contributed by atoms with van der Waals surface area (Å²) >= 11 is 0. The Kier molecular flexibility index (Phi) is 6.46. The van der Waals surface area contributed by atoms with Gasteiger partial charge < -0.3 is 10.6 Å². The molecule has 0 fully saturated rings. The minimum absolute atomic E-state index is 0.315. The number of carbonyl (C=O) groups excluding carboxylic acids is 2. The first kappa shape index (κ1) is 14.2. The van der Waals surface area contributed by atoms with Crippen molar-refractivity contribution in [3.05, 3.63) is 30.1 Å². The average Bonchev–Trinajstić information content (AvgIpc) is 2.42. The molecule has 0 saturated heterocycles. The lowest BCUT2D eigenvalue weighted by Crippen LogP contribution is -2.39. The molecule has 1 aromatic rings. The zero-order valence-corrected chi connectivity index (χ0v) is 10.6. The smallest absolute Gasteiger partial charge is 0.309 e. The molecule has 5 heteroatoms. The first-order valence-corrected chi connectivity index (χ1v) is 6.19. The maximum Gasteiger partial charge on any atom is 0.309 e. The number of amides is 2. The Labute approximate surface area is 107 Å². The summed E-state index contributed by atoms with van der Waals surface area (Å²) in [4.78, 5) is 26.8. The lowest BCUT2D eigenvalue weighted by Gasteiger charge is -2.06. The first-order valence-electron chi connectivity index (χ1n) is 6.19. The van der Waals surface area contributed by atoms with Gasteiger partial charge in [0.2, 0.25) is 0 Å². The summed E-state index contributed by atoms with van der Waals surface area (Å²) in [6.45, 7) is 2.95. The van der Waals surface area contributed by atoms with Crippen molar-refractivity contribution >= 4 is 11.8 Å². The van der Waals surface area contributed by atoms with Crippen LogP contribution in [0.2, 0.25) is 0 Å². The monoisotopic (exact) mass is 249 g/mol. The highest BCUT2D eigenvalue weighted by atomic mass is 16.2. The highest BCUT2D eigenvalue weighted by Gasteiger charge is 2.11. The van der Waals surface area contributed by atoms with E-state index in [0.717, 1.165) is 24.8 Å². The third-order valence-electron chi connectivity index (χ3n) is 2.45. The molecule has 2 N–H and O–H groups in total. The summed E-state index contributed by atoms with van der Waals surface area (Å²) < 4.78 is 0. The zero-order chi connectivity index (χ0) is 13.2. The van der Waals surface area contributed by atoms with Crippen molar-refractivity contribution in [1.82, 2.24) is 15.6 Å². The molecule has 18 heavy (non-hydrogen) atoms. The molecule has 0 atom stereocenters. The van der Waals surface area contributed by atoms with Crippen molar-refractivity contribution in [1.29, 1.82) is 0 Å². The molecule has 0 bridgehead atoms. The molecule has 0 aliphatic carbocycles. The maximum atomic E-state index is 11.4. The van der Waals surface area contributed by atoms with Gasteiger partial charge in [-0.1, -0.05) is 25.8 Å². The highest BCUT2D eigenvalue weighted by molar-refractivity contribution is 6.35. The molecule has 0 aliphatic heterocycles. The fourth-order valence-electron chi connectivity index (χ4n) is 1.42. The van der Waals surface area contributed by atoms with Crippen LogP contribution < -0.4 is 10.6 Å². The van der Waals surface area contributed by atoms with Gasteiger partial charge in [-0.3, -0.25) is 14.6 Å². The van der Waals surface area contributed by atoms with Gasteiger partial charge in [0.15, 0.2) is 0 Å². The van der Waals surface area contributed by atoms with Gasteiger partial charge in [0, 0.05) is 25.5 Å². The summed E-state index contributed by atoms with van der Waals surface area (Å²) in [6.07, 6.45) is 6.35. The molecule has 0 saturated carbocycles. The van der Waals surface area contributed by atoms with E-state index in [2.05, 4.69) is 22.5 Å². The lowest BCUT2D eigenvalue weighted by molar-refractivity contribution is -0.139. The zero-order valence-electron chi connectivity index (χ0n) is 10.6. The molecule has 1 heterocycles.